The van der Waals surface area contributed by atoms with Gasteiger partial charge in [0.25, 0.3) is 11.8 Å². The highest BCUT2D eigenvalue weighted by Gasteiger charge is 2.37. The standard InChI is InChI=1S/C28H29ClN2O7/c1-4-37-28(34)25-23(16-36-14-13-31-26(32)18-9-5-6-10-19(18)27(31)33)30-17(2)21(15-38-35-3)24(25)20-11-7-8-12-22(20)29/h5-12,24,30H,4,13-16H2,1-3H3. The molecule has 2 aliphatic heterocycles. The van der Waals surface area contributed by atoms with Gasteiger partial charge in [0.05, 0.1) is 55.9 Å². The molecule has 2 heterocycles. The fourth-order valence-corrected chi connectivity index (χ4v) is 4.89. The summed E-state index contributed by atoms with van der Waals surface area (Å²) in [5.41, 5.74) is 3.80. The zero-order chi connectivity index (χ0) is 27.2. The molecule has 0 saturated heterocycles. The van der Waals surface area contributed by atoms with Crippen LogP contribution in [0, 0.1) is 0 Å². The summed E-state index contributed by atoms with van der Waals surface area (Å²) >= 11 is 6.57. The molecule has 0 bridgehead atoms. The molecule has 200 valence electrons. The molecule has 9 nitrogen and oxygen atoms in total. The van der Waals surface area contributed by atoms with Gasteiger partial charge in [-0.2, -0.15) is 0 Å². The predicted molar refractivity (Wildman–Crippen MR) is 139 cm³/mol. The van der Waals surface area contributed by atoms with Gasteiger partial charge in [-0.15, -0.1) is 0 Å². The largest absolute Gasteiger partial charge is 0.463 e. The molecular formula is C28H29ClN2O7. The zero-order valence-corrected chi connectivity index (χ0v) is 22.2. The molecule has 2 aliphatic rings. The summed E-state index contributed by atoms with van der Waals surface area (Å²) in [6, 6.07) is 14.0. The van der Waals surface area contributed by atoms with Crippen LogP contribution in [-0.4, -0.2) is 62.8 Å². The Hall–Kier alpha value is -3.50. The summed E-state index contributed by atoms with van der Waals surface area (Å²) < 4.78 is 11.3. The highest BCUT2D eigenvalue weighted by Crippen LogP contribution is 2.41. The third-order valence-electron chi connectivity index (χ3n) is 6.41. The number of hydrogen-bond donors (Lipinski definition) is 1. The van der Waals surface area contributed by atoms with Gasteiger partial charge in [-0.25, -0.2) is 14.6 Å². The minimum absolute atomic E-state index is 0.00796. The van der Waals surface area contributed by atoms with E-state index in [9.17, 15) is 14.4 Å². The number of esters is 1. The molecule has 2 aromatic rings. The Morgan fingerprint density at radius 1 is 1.03 bits per heavy atom. The van der Waals surface area contributed by atoms with Gasteiger partial charge in [-0.1, -0.05) is 41.9 Å². The number of fused-ring (bicyclic) bond motifs is 1. The lowest BCUT2D eigenvalue weighted by Crippen LogP contribution is -2.35. The number of nitrogens with zero attached hydrogens (tertiary/aromatic N) is 1. The Morgan fingerprint density at radius 2 is 1.68 bits per heavy atom. The maximum Gasteiger partial charge on any atom is 0.336 e. The first-order chi connectivity index (χ1) is 18.4. The lowest BCUT2D eigenvalue weighted by Gasteiger charge is -2.32. The monoisotopic (exact) mass is 540 g/mol. The second-order valence-corrected chi connectivity index (χ2v) is 9.04. The van der Waals surface area contributed by atoms with Crippen LogP contribution in [0.15, 0.2) is 71.1 Å². The second-order valence-electron chi connectivity index (χ2n) is 8.63. The van der Waals surface area contributed by atoms with Crippen molar-refractivity contribution in [2.75, 3.05) is 40.1 Å². The van der Waals surface area contributed by atoms with Gasteiger partial charge in [-0.3, -0.25) is 14.5 Å². The number of benzene rings is 2. The summed E-state index contributed by atoms with van der Waals surface area (Å²) in [7, 11) is 1.41. The molecule has 1 unspecified atom stereocenters. The number of carbonyl (C=O) groups is 3. The molecule has 0 spiro atoms. The minimum Gasteiger partial charge on any atom is -0.463 e. The predicted octanol–water partition coefficient (Wildman–Crippen LogP) is 4.01. The fraction of sp³-hybridized carbons (Fsp3) is 0.321. The van der Waals surface area contributed by atoms with E-state index in [1.165, 1.54) is 7.11 Å². The molecule has 38 heavy (non-hydrogen) atoms. The van der Waals surface area contributed by atoms with Crippen LogP contribution in [0.25, 0.3) is 0 Å². The first kappa shape index (κ1) is 27.5. The van der Waals surface area contributed by atoms with Gasteiger partial charge in [0.2, 0.25) is 0 Å². The third kappa shape index (κ3) is 5.51. The second kappa shape index (κ2) is 12.4. The van der Waals surface area contributed by atoms with E-state index in [0.717, 1.165) is 16.2 Å². The third-order valence-corrected chi connectivity index (χ3v) is 6.75. The Labute approximate surface area is 225 Å². The summed E-state index contributed by atoms with van der Waals surface area (Å²) in [5.74, 6) is -1.80. The van der Waals surface area contributed by atoms with E-state index < -0.39 is 11.9 Å². The number of rotatable bonds is 11. The SMILES string of the molecule is CCOC(=O)C1=C(COCCN2C(=O)c3ccccc3C2=O)NC(C)=C(COOC)C1c1ccccc1Cl. The van der Waals surface area contributed by atoms with Crippen molar-refractivity contribution in [2.24, 2.45) is 0 Å². The van der Waals surface area contributed by atoms with E-state index in [0.29, 0.717) is 33.0 Å². The first-order valence-electron chi connectivity index (χ1n) is 12.2. The molecule has 2 aromatic carbocycles. The summed E-state index contributed by atoms with van der Waals surface area (Å²) in [6.07, 6.45) is 0. The van der Waals surface area contributed by atoms with Crippen molar-refractivity contribution < 1.29 is 33.6 Å². The Morgan fingerprint density at radius 3 is 2.32 bits per heavy atom. The van der Waals surface area contributed by atoms with Crippen LogP contribution >= 0.6 is 11.6 Å². The van der Waals surface area contributed by atoms with Crippen molar-refractivity contribution in [1.29, 1.82) is 0 Å². The first-order valence-corrected chi connectivity index (χ1v) is 12.6. The van der Waals surface area contributed by atoms with E-state index in [-0.39, 0.29) is 44.8 Å². The lowest BCUT2D eigenvalue weighted by atomic mass is 9.80. The maximum absolute atomic E-state index is 13.3. The van der Waals surface area contributed by atoms with E-state index in [1.54, 1.807) is 37.3 Å². The molecule has 0 saturated carbocycles. The van der Waals surface area contributed by atoms with E-state index >= 15 is 0 Å². The van der Waals surface area contributed by atoms with Crippen molar-refractivity contribution in [3.63, 3.8) is 0 Å². The smallest absolute Gasteiger partial charge is 0.336 e. The van der Waals surface area contributed by atoms with Gasteiger partial charge in [0.15, 0.2) is 0 Å². The number of nitrogens with one attached hydrogen (secondary N) is 1. The van der Waals surface area contributed by atoms with Crippen LogP contribution in [0.2, 0.25) is 5.02 Å². The summed E-state index contributed by atoms with van der Waals surface area (Å²) in [6.45, 7) is 4.01. The van der Waals surface area contributed by atoms with Crippen LogP contribution < -0.4 is 5.32 Å². The molecule has 10 heteroatoms. The van der Waals surface area contributed by atoms with Crippen LogP contribution in [-0.2, 0) is 24.0 Å². The van der Waals surface area contributed by atoms with Crippen molar-refractivity contribution in [1.82, 2.24) is 10.2 Å². The Kier molecular flexibility index (Phi) is 8.96. The normalized spacial score (nSPS) is 17.2. The number of ether oxygens (including phenoxy) is 2. The quantitative estimate of drug-likeness (QED) is 0.150. The van der Waals surface area contributed by atoms with Gasteiger partial charge >= 0.3 is 5.97 Å². The van der Waals surface area contributed by atoms with Gasteiger partial charge in [-0.05, 0) is 43.2 Å². The molecule has 2 amide bonds. The molecular weight excluding hydrogens is 512 g/mol. The van der Waals surface area contributed by atoms with Crippen LogP contribution in [0.4, 0.5) is 0 Å². The van der Waals surface area contributed by atoms with E-state index in [4.69, 9.17) is 30.8 Å². The van der Waals surface area contributed by atoms with Gasteiger partial charge in [0.1, 0.15) is 6.61 Å². The average Bonchev–Trinajstić information content (AvgIpc) is 3.15. The molecule has 1 N–H and O–H groups in total. The number of halogens is 1. The average molecular weight is 541 g/mol. The van der Waals surface area contributed by atoms with Crippen molar-refractivity contribution >= 4 is 29.4 Å². The van der Waals surface area contributed by atoms with Crippen LogP contribution in [0.5, 0.6) is 0 Å². The van der Waals surface area contributed by atoms with Gasteiger partial charge in [0, 0.05) is 16.6 Å². The Balaban J connectivity index is 1.58. The maximum atomic E-state index is 13.3. The Bertz CT molecular complexity index is 1270. The number of imide groups is 1. The zero-order valence-electron chi connectivity index (χ0n) is 21.4. The summed E-state index contributed by atoms with van der Waals surface area (Å²) in [4.78, 5) is 49.8. The van der Waals surface area contributed by atoms with Gasteiger partial charge < -0.3 is 14.8 Å². The topological polar surface area (TPSA) is 103 Å². The van der Waals surface area contributed by atoms with Crippen LogP contribution in [0.1, 0.15) is 46.0 Å². The van der Waals surface area contributed by atoms with Crippen molar-refractivity contribution in [2.45, 2.75) is 19.8 Å². The number of hydrogen-bond acceptors (Lipinski definition) is 8. The molecule has 0 fully saturated rings. The van der Waals surface area contributed by atoms with Crippen molar-refractivity contribution in [3.05, 3.63) is 92.8 Å². The minimum atomic E-state index is -0.575. The highest BCUT2D eigenvalue weighted by atomic mass is 35.5. The number of allylic oxidation sites excluding steroid dienone is 1. The molecule has 4 rings (SSSR count). The highest BCUT2D eigenvalue weighted by molar-refractivity contribution is 6.31. The fourth-order valence-electron chi connectivity index (χ4n) is 4.64. The number of dihydropyridines is 1. The number of carbonyl (C=O) groups excluding carboxylic acids is 3. The molecule has 1 atom stereocenters. The molecule has 0 radical (unpaired) electrons. The molecule has 0 aliphatic carbocycles. The van der Waals surface area contributed by atoms with E-state index in [2.05, 4.69) is 5.32 Å². The summed E-state index contributed by atoms with van der Waals surface area (Å²) in [5, 5.41) is 3.73. The van der Waals surface area contributed by atoms with E-state index in [1.807, 2.05) is 25.1 Å². The molecule has 0 aromatic heterocycles. The van der Waals surface area contributed by atoms with Crippen molar-refractivity contribution in [3.8, 4) is 0 Å². The lowest BCUT2D eigenvalue weighted by molar-refractivity contribution is -0.265. The van der Waals surface area contributed by atoms with Crippen LogP contribution in [0.3, 0.4) is 0 Å². The number of amides is 2.